The fourth-order valence-electron chi connectivity index (χ4n) is 3.30. The number of benzene rings is 2. The molecule has 1 unspecified atom stereocenters. The number of allylic oxidation sites excluding steroid dienone is 2. The summed E-state index contributed by atoms with van der Waals surface area (Å²) in [7, 11) is 3.14. The first-order chi connectivity index (χ1) is 17.4. The number of ether oxygens (including phenoxy) is 3. The molecule has 1 heterocycles. The van der Waals surface area contributed by atoms with Crippen molar-refractivity contribution in [2.45, 2.75) is 6.04 Å². The first-order valence-electron chi connectivity index (χ1n) is 10.9. The average molecular weight is 495 g/mol. The highest BCUT2D eigenvalue weighted by atomic mass is 16.5. The van der Waals surface area contributed by atoms with Gasteiger partial charge in [-0.2, -0.15) is 4.68 Å². The number of aromatic nitrogens is 3. The lowest BCUT2D eigenvalue weighted by molar-refractivity contribution is 0.146. The van der Waals surface area contributed by atoms with Crippen molar-refractivity contribution in [2.24, 2.45) is 17.2 Å². The molecule has 0 amide bonds. The van der Waals surface area contributed by atoms with Crippen molar-refractivity contribution >= 4 is 17.3 Å². The van der Waals surface area contributed by atoms with E-state index in [1.807, 2.05) is 6.07 Å². The first-order valence-corrected chi connectivity index (χ1v) is 10.9. The third-order valence-corrected chi connectivity index (χ3v) is 5.07. The molecule has 0 radical (unpaired) electrons. The van der Waals surface area contributed by atoms with Crippen molar-refractivity contribution < 1.29 is 14.2 Å². The maximum atomic E-state index is 12.7. The molecule has 12 nitrogen and oxygen atoms in total. The molecule has 0 spiro atoms. The molecule has 0 bridgehead atoms. The molecule has 0 saturated carbocycles. The number of H-pyrrole nitrogens is 1. The number of hydrogen-bond donors (Lipinski definition) is 6. The Balaban J connectivity index is 2.08. The summed E-state index contributed by atoms with van der Waals surface area (Å²) in [4.78, 5) is 15.4. The first kappa shape index (κ1) is 25.9. The van der Waals surface area contributed by atoms with Crippen LogP contribution in [0.1, 0.15) is 23.0 Å². The van der Waals surface area contributed by atoms with Crippen LogP contribution in [0.4, 0.5) is 5.69 Å². The molecule has 12 heteroatoms. The van der Waals surface area contributed by atoms with Crippen LogP contribution >= 0.6 is 0 Å². The van der Waals surface area contributed by atoms with Crippen LogP contribution in [0.5, 0.6) is 11.5 Å². The van der Waals surface area contributed by atoms with Gasteiger partial charge in [0.15, 0.2) is 5.82 Å². The van der Waals surface area contributed by atoms with Gasteiger partial charge in [0.1, 0.15) is 35.8 Å². The largest absolute Gasteiger partial charge is 0.497 e. The summed E-state index contributed by atoms with van der Waals surface area (Å²) >= 11 is 0. The minimum atomic E-state index is -0.639. The molecule has 1 aromatic heterocycles. The van der Waals surface area contributed by atoms with E-state index in [1.165, 1.54) is 18.4 Å². The standard InChI is InChI=1S/C24H30N8O4/c1-34-10-11-36-19-13-16(12-18(14-19)35-2)21(29-17-7-5-15(6-8-17)22(27)28)23-30-24(33)32(31-23)20(26)4-3-9-25/h3-9,12-14,21,29H,10-11,25-26H2,1-2H3,(H3,27,28)(H,30,31,33)/b9-3-,20-4+. The Morgan fingerprint density at radius 3 is 2.53 bits per heavy atom. The van der Waals surface area contributed by atoms with E-state index in [-0.39, 0.29) is 11.7 Å². The van der Waals surface area contributed by atoms with Crippen LogP contribution in [-0.2, 0) is 4.74 Å². The van der Waals surface area contributed by atoms with Crippen LogP contribution in [0, 0.1) is 5.41 Å². The Bertz CT molecular complexity index is 1290. The van der Waals surface area contributed by atoms with E-state index >= 15 is 0 Å². The van der Waals surface area contributed by atoms with E-state index in [0.717, 1.165) is 4.68 Å². The highest BCUT2D eigenvalue weighted by molar-refractivity contribution is 5.95. The minimum Gasteiger partial charge on any atom is -0.497 e. The van der Waals surface area contributed by atoms with Crippen molar-refractivity contribution in [3.63, 3.8) is 0 Å². The van der Waals surface area contributed by atoms with E-state index in [9.17, 15) is 4.79 Å². The Morgan fingerprint density at radius 2 is 1.89 bits per heavy atom. The molecular formula is C24H30N8O4. The number of nitrogens with one attached hydrogen (secondary N) is 3. The Labute approximate surface area is 207 Å². The van der Waals surface area contributed by atoms with Crippen LogP contribution in [0.2, 0.25) is 0 Å². The Morgan fingerprint density at radius 1 is 1.17 bits per heavy atom. The number of amidine groups is 1. The maximum Gasteiger partial charge on any atom is 0.349 e. The van der Waals surface area contributed by atoms with Crippen molar-refractivity contribution in [1.29, 1.82) is 5.41 Å². The van der Waals surface area contributed by atoms with Crippen molar-refractivity contribution in [1.82, 2.24) is 14.8 Å². The predicted octanol–water partition coefficient (Wildman–Crippen LogP) is 1.32. The normalized spacial score (nSPS) is 12.4. The molecule has 0 aliphatic carbocycles. The molecule has 2 aromatic carbocycles. The van der Waals surface area contributed by atoms with Crippen molar-refractivity contribution in [2.75, 3.05) is 32.8 Å². The van der Waals surface area contributed by atoms with Gasteiger partial charge < -0.3 is 36.7 Å². The van der Waals surface area contributed by atoms with Gasteiger partial charge in [-0.25, -0.2) is 4.79 Å². The molecule has 190 valence electrons. The summed E-state index contributed by atoms with van der Waals surface area (Å²) < 4.78 is 17.4. The predicted molar refractivity (Wildman–Crippen MR) is 138 cm³/mol. The van der Waals surface area contributed by atoms with Gasteiger partial charge in [-0.05, 0) is 60.3 Å². The average Bonchev–Trinajstić information content (AvgIpc) is 3.27. The number of hydrogen-bond acceptors (Lipinski definition) is 9. The van der Waals surface area contributed by atoms with Crippen LogP contribution in [-0.4, -0.2) is 48.0 Å². The van der Waals surface area contributed by atoms with E-state index in [0.29, 0.717) is 47.4 Å². The van der Waals surface area contributed by atoms with Gasteiger partial charge >= 0.3 is 5.69 Å². The zero-order valence-corrected chi connectivity index (χ0v) is 20.0. The van der Waals surface area contributed by atoms with E-state index < -0.39 is 11.7 Å². The van der Waals surface area contributed by atoms with Gasteiger partial charge in [0.25, 0.3) is 0 Å². The maximum absolute atomic E-state index is 12.7. The number of anilines is 1. The third kappa shape index (κ3) is 6.45. The number of nitrogens with zero attached hydrogens (tertiary/aromatic N) is 2. The van der Waals surface area contributed by atoms with Crippen LogP contribution in [0.25, 0.3) is 5.82 Å². The number of methoxy groups -OCH3 is 2. The van der Waals surface area contributed by atoms with Gasteiger partial charge in [0, 0.05) is 24.4 Å². The highest BCUT2D eigenvalue weighted by Crippen LogP contribution is 2.31. The monoisotopic (exact) mass is 494 g/mol. The highest BCUT2D eigenvalue weighted by Gasteiger charge is 2.22. The second kappa shape index (κ2) is 12.1. The lowest BCUT2D eigenvalue weighted by Crippen LogP contribution is -2.21. The summed E-state index contributed by atoms with van der Waals surface area (Å²) in [5, 5.41) is 15.4. The minimum absolute atomic E-state index is 0.0411. The SMILES string of the molecule is COCCOc1cc(OC)cc(C(Nc2ccc(C(=N)N)cc2)c2nn(/C(N)=C/C=C\N)c(=O)[nH]2)c1. The zero-order chi connectivity index (χ0) is 26.1. The van der Waals surface area contributed by atoms with Crippen molar-refractivity contribution in [3.05, 3.63) is 88.3 Å². The lowest BCUT2D eigenvalue weighted by Gasteiger charge is -2.20. The third-order valence-electron chi connectivity index (χ3n) is 5.07. The zero-order valence-electron chi connectivity index (χ0n) is 20.0. The van der Waals surface area contributed by atoms with Crippen LogP contribution in [0.15, 0.2) is 65.6 Å². The van der Waals surface area contributed by atoms with E-state index in [1.54, 1.807) is 50.6 Å². The molecule has 0 saturated heterocycles. The van der Waals surface area contributed by atoms with Gasteiger partial charge in [-0.1, -0.05) is 0 Å². The summed E-state index contributed by atoms with van der Waals surface area (Å²) in [6, 6.07) is 11.7. The molecule has 1 atom stereocenters. The summed E-state index contributed by atoms with van der Waals surface area (Å²) in [5.41, 5.74) is 18.4. The van der Waals surface area contributed by atoms with Crippen LogP contribution < -0.4 is 37.7 Å². The summed E-state index contributed by atoms with van der Waals surface area (Å²) in [5.74, 6) is 1.44. The molecule has 9 N–H and O–H groups in total. The molecular weight excluding hydrogens is 464 g/mol. The van der Waals surface area contributed by atoms with Crippen molar-refractivity contribution in [3.8, 4) is 11.5 Å². The molecule has 3 rings (SSSR count). The molecule has 36 heavy (non-hydrogen) atoms. The van der Waals surface area contributed by atoms with Crippen LogP contribution in [0.3, 0.4) is 0 Å². The summed E-state index contributed by atoms with van der Waals surface area (Å²) in [6.07, 6.45) is 4.25. The fraction of sp³-hybridized carbons (Fsp3) is 0.208. The Kier molecular flexibility index (Phi) is 8.73. The second-order valence-corrected chi connectivity index (χ2v) is 7.56. The van der Waals surface area contributed by atoms with Gasteiger partial charge in [-0.15, -0.1) is 5.10 Å². The molecule has 0 aliphatic rings. The topological polar surface area (TPSA) is 192 Å². The van der Waals surface area contributed by atoms with E-state index in [4.69, 9.17) is 36.8 Å². The fourth-order valence-corrected chi connectivity index (χ4v) is 3.30. The van der Waals surface area contributed by atoms with Gasteiger partial charge in [0.2, 0.25) is 0 Å². The number of rotatable bonds is 12. The summed E-state index contributed by atoms with van der Waals surface area (Å²) in [6.45, 7) is 0.756. The van der Waals surface area contributed by atoms with E-state index in [2.05, 4.69) is 15.4 Å². The molecule has 0 fully saturated rings. The lowest BCUT2D eigenvalue weighted by atomic mass is 10.0. The Hall–Kier alpha value is -4.71. The number of aromatic amines is 1. The number of nitrogens with two attached hydrogens (primary N) is 3. The van der Waals surface area contributed by atoms with Gasteiger partial charge in [0.05, 0.1) is 13.7 Å². The molecule has 3 aromatic rings. The second-order valence-electron chi connectivity index (χ2n) is 7.56. The quantitative estimate of drug-likeness (QED) is 0.0932. The number of nitrogen functional groups attached to an aromatic ring is 1. The molecule has 0 aliphatic heterocycles. The smallest absolute Gasteiger partial charge is 0.349 e. The van der Waals surface area contributed by atoms with Gasteiger partial charge in [-0.3, -0.25) is 10.4 Å².